The molecule has 3 rings (SSSR count). The summed E-state index contributed by atoms with van der Waals surface area (Å²) in [6, 6.07) is 8.13. The molecular formula is C25H40N2O4. The highest BCUT2D eigenvalue weighted by Gasteiger charge is 2.37. The van der Waals surface area contributed by atoms with E-state index in [1.807, 2.05) is 37.8 Å². The zero-order chi connectivity index (χ0) is 22.8. The molecule has 2 bridgehead atoms. The molecule has 3 atom stereocenters. The van der Waals surface area contributed by atoms with E-state index >= 15 is 0 Å². The largest absolute Gasteiger partial charge is 0.491 e. The van der Waals surface area contributed by atoms with E-state index in [0.29, 0.717) is 18.4 Å². The summed E-state index contributed by atoms with van der Waals surface area (Å²) in [6.45, 7) is 16.4. The Labute approximate surface area is 187 Å². The third-order valence-electron chi connectivity index (χ3n) is 5.94. The van der Waals surface area contributed by atoms with Gasteiger partial charge in [-0.25, -0.2) is 4.79 Å². The van der Waals surface area contributed by atoms with Gasteiger partial charge in [0.2, 0.25) is 0 Å². The summed E-state index contributed by atoms with van der Waals surface area (Å²) in [6.07, 6.45) is 0.396. The molecule has 0 aliphatic carbocycles. The highest BCUT2D eigenvalue weighted by Crippen LogP contribution is 2.30. The lowest BCUT2D eigenvalue weighted by atomic mass is 9.84. The molecule has 31 heavy (non-hydrogen) atoms. The number of ether oxygens (including phenoxy) is 2. The molecule has 2 saturated heterocycles. The van der Waals surface area contributed by atoms with E-state index in [2.05, 4.69) is 37.8 Å². The maximum atomic E-state index is 12.4. The number of hydrogen-bond acceptors (Lipinski definition) is 5. The number of carbonyl (C=O) groups excluding carboxylic acids is 1. The van der Waals surface area contributed by atoms with Crippen molar-refractivity contribution in [3.8, 4) is 5.75 Å². The molecule has 1 aromatic carbocycles. The fourth-order valence-electron chi connectivity index (χ4n) is 4.61. The van der Waals surface area contributed by atoms with Gasteiger partial charge in [-0.2, -0.15) is 0 Å². The molecule has 2 fully saturated rings. The summed E-state index contributed by atoms with van der Waals surface area (Å²) in [4.78, 5) is 16.6. The van der Waals surface area contributed by atoms with Crippen LogP contribution in [0.3, 0.4) is 0 Å². The molecule has 2 aliphatic heterocycles. The highest BCUT2D eigenvalue weighted by molar-refractivity contribution is 5.68. The van der Waals surface area contributed by atoms with Crippen molar-refractivity contribution >= 4 is 6.09 Å². The van der Waals surface area contributed by atoms with Gasteiger partial charge in [0.1, 0.15) is 24.1 Å². The van der Waals surface area contributed by atoms with Gasteiger partial charge in [-0.1, -0.05) is 32.9 Å². The highest BCUT2D eigenvalue weighted by atomic mass is 16.6. The number of hydrogen-bond donors (Lipinski definition) is 1. The molecular weight excluding hydrogens is 392 g/mol. The molecule has 1 amide bonds. The van der Waals surface area contributed by atoms with Crippen molar-refractivity contribution in [2.75, 3.05) is 39.3 Å². The van der Waals surface area contributed by atoms with Gasteiger partial charge in [0.25, 0.3) is 0 Å². The van der Waals surface area contributed by atoms with Crippen LogP contribution in [0, 0.1) is 11.8 Å². The first-order valence-electron chi connectivity index (χ1n) is 11.5. The molecule has 6 heteroatoms. The maximum absolute atomic E-state index is 12.4. The van der Waals surface area contributed by atoms with Gasteiger partial charge in [-0.05, 0) is 62.1 Å². The van der Waals surface area contributed by atoms with Gasteiger partial charge in [0.05, 0.1) is 0 Å². The van der Waals surface area contributed by atoms with Gasteiger partial charge in [-0.15, -0.1) is 0 Å². The predicted molar refractivity (Wildman–Crippen MR) is 122 cm³/mol. The van der Waals surface area contributed by atoms with Crippen molar-refractivity contribution in [1.29, 1.82) is 0 Å². The number of piperidine rings is 2. The van der Waals surface area contributed by atoms with E-state index in [1.54, 1.807) is 0 Å². The van der Waals surface area contributed by atoms with E-state index in [0.717, 1.165) is 38.3 Å². The van der Waals surface area contributed by atoms with E-state index < -0.39 is 11.7 Å². The number of fused-ring (bicyclic) bond motifs is 2. The number of rotatable bonds is 5. The molecule has 2 heterocycles. The Bertz CT molecular complexity index is 721. The van der Waals surface area contributed by atoms with Crippen LogP contribution in [0.2, 0.25) is 0 Å². The Morgan fingerprint density at radius 3 is 2.13 bits per heavy atom. The maximum Gasteiger partial charge on any atom is 0.410 e. The van der Waals surface area contributed by atoms with Crippen molar-refractivity contribution in [2.45, 2.75) is 65.1 Å². The number of aliphatic hydroxyl groups is 1. The lowest BCUT2D eigenvalue weighted by Crippen LogP contribution is -2.56. The minimum atomic E-state index is -0.539. The Morgan fingerprint density at radius 1 is 1.03 bits per heavy atom. The third-order valence-corrected chi connectivity index (χ3v) is 5.94. The van der Waals surface area contributed by atoms with Crippen LogP contribution in [0.1, 0.15) is 53.5 Å². The number of aliphatic hydroxyl groups excluding tert-OH is 1. The molecule has 3 unspecified atom stereocenters. The summed E-state index contributed by atoms with van der Waals surface area (Å²) < 4.78 is 11.4. The summed E-state index contributed by atoms with van der Waals surface area (Å²) in [5.74, 6) is 1.65. The summed E-state index contributed by atoms with van der Waals surface area (Å²) in [7, 11) is 0. The Morgan fingerprint density at radius 2 is 1.61 bits per heavy atom. The van der Waals surface area contributed by atoms with Crippen molar-refractivity contribution in [2.24, 2.45) is 11.8 Å². The van der Waals surface area contributed by atoms with Crippen LogP contribution in [-0.2, 0) is 10.2 Å². The van der Waals surface area contributed by atoms with Crippen LogP contribution >= 0.6 is 0 Å². The first kappa shape index (κ1) is 23.9. The van der Waals surface area contributed by atoms with E-state index in [-0.39, 0.29) is 18.1 Å². The molecule has 2 aliphatic rings. The van der Waals surface area contributed by atoms with Gasteiger partial charge >= 0.3 is 6.09 Å². The van der Waals surface area contributed by atoms with Gasteiger partial charge in [-0.3, -0.25) is 4.90 Å². The SMILES string of the molecule is CC(C)(C)OC(=O)N1CC2CC(CN(CC(O)COc3ccc(C(C)(C)C)cc3)C2)C1. The number of β-amino-alcohol motifs (C(OH)–C–C–N with tert-alkyl or cyclic N) is 1. The lowest BCUT2D eigenvalue weighted by molar-refractivity contribution is -0.0199. The van der Waals surface area contributed by atoms with Crippen LogP contribution < -0.4 is 4.74 Å². The molecule has 0 saturated carbocycles. The average molecular weight is 433 g/mol. The van der Waals surface area contributed by atoms with Crippen LogP contribution in [0.5, 0.6) is 5.75 Å². The predicted octanol–water partition coefficient (Wildman–Crippen LogP) is 3.91. The van der Waals surface area contributed by atoms with E-state index in [9.17, 15) is 9.90 Å². The molecule has 0 radical (unpaired) electrons. The van der Waals surface area contributed by atoms with Gasteiger partial charge < -0.3 is 19.5 Å². The second-order valence-electron chi connectivity index (χ2n) is 11.3. The molecule has 6 nitrogen and oxygen atoms in total. The zero-order valence-electron chi connectivity index (χ0n) is 20.1. The van der Waals surface area contributed by atoms with E-state index in [1.165, 1.54) is 5.56 Å². The Balaban J connectivity index is 1.44. The van der Waals surface area contributed by atoms with Crippen LogP contribution in [0.15, 0.2) is 24.3 Å². The quantitative estimate of drug-likeness (QED) is 0.764. The molecule has 174 valence electrons. The fourth-order valence-corrected chi connectivity index (χ4v) is 4.61. The minimum Gasteiger partial charge on any atom is -0.491 e. The Hall–Kier alpha value is -1.79. The number of benzene rings is 1. The number of nitrogens with zero attached hydrogens (tertiary/aromatic N) is 2. The zero-order valence-corrected chi connectivity index (χ0v) is 20.1. The van der Waals surface area contributed by atoms with Crippen molar-refractivity contribution in [1.82, 2.24) is 9.80 Å². The number of carbonyl (C=O) groups is 1. The molecule has 1 N–H and O–H groups in total. The number of likely N-dealkylation sites (tertiary alicyclic amines) is 2. The van der Waals surface area contributed by atoms with Crippen molar-refractivity contribution in [3.05, 3.63) is 29.8 Å². The first-order valence-corrected chi connectivity index (χ1v) is 11.5. The summed E-state index contributed by atoms with van der Waals surface area (Å²) in [5.41, 5.74) is 0.914. The van der Waals surface area contributed by atoms with E-state index in [4.69, 9.17) is 9.47 Å². The second-order valence-corrected chi connectivity index (χ2v) is 11.3. The average Bonchev–Trinajstić information content (AvgIpc) is 2.64. The first-order chi connectivity index (χ1) is 14.4. The van der Waals surface area contributed by atoms with Crippen LogP contribution in [-0.4, -0.2) is 72.0 Å². The summed E-state index contributed by atoms with van der Waals surface area (Å²) in [5, 5.41) is 10.5. The van der Waals surface area contributed by atoms with Gasteiger partial charge in [0, 0.05) is 32.7 Å². The Kier molecular flexibility index (Phi) is 7.21. The molecule has 1 aromatic rings. The summed E-state index contributed by atoms with van der Waals surface area (Å²) >= 11 is 0. The smallest absolute Gasteiger partial charge is 0.410 e. The monoisotopic (exact) mass is 432 g/mol. The normalized spacial score (nSPS) is 23.4. The van der Waals surface area contributed by atoms with Crippen molar-refractivity contribution in [3.63, 3.8) is 0 Å². The number of amides is 1. The third kappa shape index (κ3) is 7.11. The minimum absolute atomic E-state index is 0.115. The second kappa shape index (κ2) is 9.37. The van der Waals surface area contributed by atoms with Crippen LogP contribution in [0.25, 0.3) is 0 Å². The van der Waals surface area contributed by atoms with Crippen molar-refractivity contribution < 1.29 is 19.4 Å². The standard InChI is InChI=1S/C25H40N2O4/c1-24(2,3)20-7-9-22(10-8-20)30-17-21(28)16-26-12-18-11-19(13-26)15-27(14-18)23(29)31-25(4,5)6/h7-10,18-19,21,28H,11-17H2,1-6H3. The molecule has 0 aromatic heterocycles. The molecule has 0 spiro atoms. The topological polar surface area (TPSA) is 62.2 Å². The lowest BCUT2D eigenvalue weighted by Gasteiger charge is -2.46. The van der Waals surface area contributed by atoms with Crippen LogP contribution in [0.4, 0.5) is 4.79 Å². The van der Waals surface area contributed by atoms with Gasteiger partial charge in [0.15, 0.2) is 0 Å². The fraction of sp³-hybridized carbons (Fsp3) is 0.720.